The van der Waals surface area contributed by atoms with Crippen LogP contribution in [0.4, 0.5) is 15.0 Å². The Balaban J connectivity index is 0.000000292. The molecule has 1 unspecified atom stereocenters. The minimum absolute atomic E-state index is 0.0988. The lowest BCUT2D eigenvalue weighted by molar-refractivity contribution is 0.0429. The quantitative estimate of drug-likeness (QED) is 0.537. The van der Waals surface area contributed by atoms with Gasteiger partial charge in [-0.25, -0.2) is 14.8 Å². The second kappa shape index (κ2) is 10.4. The highest BCUT2D eigenvalue weighted by atomic mass is 35.5. The van der Waals surface area contributed by atoms with Crippen LogP contribution in [0.2, 0.25) is 5.02 Å². The fraction of sp³-hybridized carbons (Fsp3) is 0.458. The van der Waals surface area contributed by atoms with Crippen LogP contribution in [-0.4, -0.2) is 46.0 Å². The summed E-state index contributed by atoms with van der Waals surface area (Å²) in [7, 11) is 1.98. The van der Waals surface area contributed by atoms with Crippen LogP contribution in [0.3, 0.4) is 0 Å². The van der Waals surface area contributed by atoms with E-state index < -0.39 is 11.7 Å². The lowest BCUT2D eigenvalue weighted by Gasteiger charge is -2.21. The summed E-state index contributed by atoms with van der Waals surface area (Å²) in [5, 5.41) is 0.568. The summed E-state index contributed by atoms with van der Waals surface area (Å²) in [6.45, 7) is 6.82. The van der Waals surface area contributed by atoms with E-state index >= 15 is 0 Å². The summed E-state index contributed by atoms with van der Waals surface area (Å²) in [6.07, 6.45) is 2.59. The van der Waals surface area contributed by atoms with Gasteiger partial charge in [-0.15, -0.1) is 0 Å². The maximum absolute atomic E-state index is 12.9. The number of benzene rings is 1. The molecule has 9 heteroatoms. The van der Waals surface area contributed by atoms with E-state index in [1.807, 2.05) is 62.7 Å². The third-order valence-corrected chi connectivity index (χ3v) is 6.23. The molecule has 33 heavy (non-hydrogen) atoms. The highest BCUT2D eigenvalue weighted by Gasteiger charge is 2.24. The zero-order chi connectivity index (χ0) is 24.2. The van der Waals surface area contributed by atoms with Gasteiger partial charge >= 0.3 is 6.09 Å². The van der Waals surface area contributed by atoms with Crippen molar-refractivity contribution in [3.8, 4) is 11.4 Å². The molecule has 0 radical (unpaired) electrons. The Morgan fingerprint density at radius 3 is 2.67 bits per heavy atom. The third-order valence-electron chi connectivity index (χ3n) is 5.93. The lowest BCUT2D eigenvalue weighted by atomic mass is 10.1. The van der Waals surface area contributed by atoms with E-state index in [1.54, 1.807) is 6.20 Å². The molecule has 1 aliphatic rings. The van der Waals surface area contributed by atoms with E-state index in [-0.39, 0.29) is 12.6 Å². The van der Waals surface area contributed by atoms with Gasteiger partial charge in [-0.1, -0.05) is 30.7 Å². The van der Waals surface area contributed by atoms with Gasteiger partial charge in [0.15, 0.2) is 0 Å². The summed E-state index contributed by atoms with van der Waals surface area (Å²) in [6, 6.07) is 9.95. The number of nitrogens with two attached hydrogens (primary N) is 1. The Hall–Kier alpha value is -2.87. The van der Waals surface area contributed by atoms with Crippen molar-refractivity contribution < 1.29 is 13.9 Å². The van der Waals surface area contributed by atoms with Gasteiger partial charge in [0.1, 0.15) is 17.2 Å². The van der Waals surface area contributed by atoms with Crippen molar-refractivity contribution in [2.75, 3.05) is 24.7 Å². The molecule has 1 saturated heterocycles. The number of aromatic nitrogens is 3. The number of hydrogen-bond acceptors (Lipinski definition) is 5. The number of carbonyl (C=O) groups is 1. The summed E-state index contributed by atoms with van der Waals surface area (Å²) < 4.78 is 19.6. The van der Waals surface area contributed by atoms with Gasteiger partial charge in [-0.3, -0.25) is 4.39 Å². The highest BCUT2D eigenvalue weighted by molar-refractivity contribution is 6.33. The molecule has 3 heterocycles. The first-order valence-electron chi connectivity index (χ1n) is 11.0. The number of para-hydroxylation sites is 2. The summed E-state index contributed by atoms with van der Waals surface area (Å²) in [5.74, 6) is 1.74. The molecule has 0 bridgehead atoms. The van der Waals surface area contributed by atoms with Gasteiger partial charge in [0, 0.05) is 37.8 Å². The smallest absolute Gasteiger partial charge is 0.405 e. The van der Waals surface area contributed by atoms with Crippen molar-refractivity contribution in [2.24, 2.45) is 18.7 Å². The van der Waals surface area contributed by atoms with Gasteiger partial charge in [0.2, 0.25) is 0 Å². The first-order valence-corrected chi connectivity index (χ1v) is 11.4. The van der Waals surface area contributed by atoms with Crippen LogP contribution in [0.1, 0.15) is 33.6 Å². The number of amides is 1. The molecule has 4 rings (SSSR count). The standard InChI is InChI=1S/C18H18ClFN4.C6H13NO2/c1-23-16-5-3-2-4-15(16)22-18(23)13-8-17(21-10-14(13)19)24-7-6-12(9-20)11-24;1-4-6(2,3)9-5(7)8/h2-5,8,10,12H,6-7,9,11H2,1H3;4H2,1-3H3,(H2,7,8). The molecule has 1 aliphatic heterocycles. The average molecular weight is 476 g/mol. The molecule has 0 spiro atoms. The fourth-order valence-electron chi connectivity index (χ4n) is 3.67. The summed E-state index contributed by atoms with van der Waals surface area (Å²) in [5.41, 5.74) is 7.22. The highest BCUT2D eigenvalue weighted by Crippen LogP contribution is 2.33. The number of halogens is 2. The number of alkyl halides is 1. The van der Waals surface area contributed by atoms with Crippen LogP contribution in [0.15, 0.2) is 36.5 Å². The number of fused-ring (bicyclic) bond motifs is 1. The van der Waals surface area contributed by atoms with E-state index in [2.05, 4.69) is 9.88 Å². The van der Waals surface area contributed by atoms with E-state index in [1.165, 1.54) is 0 Å². The van der Waals surface area contributed by atoms with Crippen LogP contribution in [0, 0.1) is 5.92 Å². The Morgan fingerprint density at radius 2 is 2.09 bits per heavy atom. The van der Waals surface area contributed by atoms with Crippen LogP contribution >= 0.6 is 11.6 Å². The number of primary amides is 1. The lowest BCUT2D eigenvalue weighted by Crippen LogP contribution is -2.30. The van der Waals surface area contributed by atoms with E-state index in [0.717, 1.165) is 47.6 Å². The minimum Gasteiger partial charge on any atom is -0.444 e. The van der Waals surface area contributed by atoms with Crippen LogP contribution in [-0.2, 0) is 11.8 Å². The van der Waals surface area contributed by atoms with Crippen LogP contribution in [0.25, 0.3) is 22.4 Å². The van der Waals surface area contributed by atoms with Gasteiger partial charge in [-0.2, -0.15) is 0 Å². The topological polar surface area (TPSA) is 86.3 Å². The van der Waals surface area contributed by atoms with Gasteiger partial charge < -0.3 is 19.9 Å². The number of nitrogens with zero attached hydrogens (tertiary/aromatic N) is 4. The molecule has 2 N–H and O–H groups in total. The normalized spacial score (nSPS) is 15.9. The number of imidazole rings is 1. The zero-order valence-electron chi connectivity index (χ0n) is 19.5. The number of carbonyl (C=O) groups excluding carboxylic acids is 1. The number of pyridine rings is 1. The van der Waals surface area contributed by atoms with Crippen molar-refractivity contribution in [1.29, 1.82) is 0 Å². The molecule has 7 nitrogen and oxygen atoms in total. The van der Waals surface area contributed by atoms with Gasteiger partial charge in [0.05, 0.1) is 22.7 Å². The molecule has 0 aliphatic carbocycles. The number of aryl methyl sites for hydroxylation is 1. The number of rotatable bonds is 5. The molecule has 1 atom stereocenters. The zero-order valence-corrected chi connectivity index (χ0v) is 20.3. The maximum atomic E-state index is 12.9. The Labute approximate surface area is 198 Å². The second-order valence-electron chi connectivity index (χ2n) is 8.79. The molecule has 2 aromatic heterocycles. The summed E-state index contributed by atoms with van der Waals surface area (Å²) in [4.78, 5) is 21.4. The molecule has 1 amide bonds. The first-order chi connectivity index (χ1) is 15.6. The molecule has 1 aromatic carbocycles. The SMILES string of the molecule is CCC(C)(C)OC(N)=O.Cn1c(-c2cc(N3CCC(CF)C3)ncc2Cl)nc2ccccc21. The Kier molecular flexibility index (Phi) is 7.79. The second-order valence-corrected chi connectivity index (χ2v) is 9.20. The number of ether oxygens (including phenoxy) is 1. The summed E-state index contributed by atoms with van der Waals surface area (Å²) >= 11 is 6.40. The molecular formula is C24H31ClFN5O2. The predicted molar refractivity (Wildman–Crippen MR) is 130 cm³/mol. The van der Waals surface area contributed by atoms with Crippen molar-refractivity contribution in [3.63, 3.8) is 0 Å². The Bertz CT molecular complexity index is 1120. The molecule has 1 fully saturated rings. The average Bonchev–Trinajstić information content (AvgIpc) is 3.39. The van der Waals surface area contributed by atoms with Crippen molar-refractivity contribution >= 4 is 34.5 Å². The van der Waals surface area contributed by atoms with Crippen molar-refractivity contribution in [3.05, 3.63) is 41.6 Å². The van der Waals surface area contributed by atoms with E-state index in [0.29, 0.717) is 11.6 Å². The van der Waals surface area contributed by atoms with E-state index in [4.69, 9.17) is 27.1 Å². The monoisotopic (exact) mass is 475 g/mol. The van der Waals surface area contributed by atoms with Gasteiger partial charge in [-0.05, 0) is 44.9 Å². The van der Waals surface area contributed by atoms with Crippen molar-refractivity contribution in [1.82, 2.24) is 14.5 Å². The largest absolute Gasteiger partial charge is 0.444 e. The number of anilines is 1. The molecule has 3 aromatic rings. The minimum atomic E-state index is -0.707. The van der Waals surface area contributed by atoms with Crippen LogP contribution in [0.5, 0.6) is 0 Å². The fourth-order valence-corrected chi connectivity index (χ4v) is 3.86. The molecular weight excluding hydrogens is 445 g/mol. The molecule has 178 valence electrons. The van der Waals surface area contributed by atoms with E-state index in [9.17, 15) is 9.18 Å². The first kappa shape index (κ1) is 24.8. The molecule has 0 saturated carbocycles. The predicted octanol–water partition coefficient (Wildman–Crippen LogP) is 5.35. The van der Waals surface area contributed by atoms with Crippen LogP contribution < -0.4 is 10.6 Å². The van der Waals surface area contributed by atoms with Gasteiger partial charge in [0.25, 0.3) is 0 Å². The third kappa shape index (κ3) is 5.93. The number of hydrogen-bond donors (Lipinski definition) is 1. The Morgan fingerprint density at radius 1 is 1.36 bits per heavy atom. The maximum Gasteiger partial charge on any atom is 0.405 e. The van der Waals surface area contributed by atoms with Crippen molar-refractivity contribution in [2.45, 2.75) is 39.2 Å².